The molecule has 1 saturated heterocycles. The third kappa shape index (κ3) is 5.82. The first kappa shape index (κ1) is 23.5. The third-order valence-corrected chi connectivity index (χ3v) is 5.63. The molecule has 0 bridgehead atoms. The molecule has 1 fully saturated rings. The van der Waals surface area contributed by atoms with Gasteiger partial charge in [-0.1, -0.05) is 12.1 Å². The molecule has 0 radical (unpaired) electrons. The molecule has 2 heterocycles. The van der Waals surface area contributed by atoms with E-state index in [2.05, 4.69) is 4.74 Å². The number of halogens is 3. The summed E-state index contributed by atoms with van der Waals surface area (Å²) < 4.78 is 52.0. The van der Waals surface area contributed by atoms with Gasteiger partial charge in [-0.2, -0.15) is 0 Å². The number of rotatable bonds is 7. The molecule has 0 aliphatic carbocycles. The van der Waals surface area contributed by atoms with Gasteiger partial charge in [-0.05, 0) is 72.8 Å². The van der Waals surface area contributed by atoms with Crippen LogP contribution in [0.15, 0.2) is 70.0 Å². The van der Waals surface area contributed by atoms with E-state index in [4.69, 9.17) is 9.15 Å². The molecule has 0 N–H and O–H groups in total. The fraction of sp³-hybridized carbons (Fsp3) is 0.167. The van der Waals surface area contributed by atoms with Gasteiger partial charge in [0.15, 0.2) is 0 Å². The van der Waals surface area contributed by atoms with Gasteiger partial charge < -0.3 is 13.9 Å². The van der Waals surface area contributed by atoms with Gasteiger partial charge in [0.05, 0.1) is 11.4 Å². The van der Waals surface area contributed by atoms with Crippen LogP contribution in [-0.4, -0.2) is 35.6 Å². The van der Waals surface area contributed by atoms with E-state index >= 15 is 0 Å². The van der Waals surface area contributed by atoms with E-state index in [0.717, 1.165) is 22.2 Å². The van der Waals surface area contributed by atoms with Crippen LogP contribution in [0, 0.1) is 6.92 Å². The van der Waals surface area contributed by atoms with E-state index in [1.54, 1.807) is 18.2 Å². The first-order chi connectivity index (χ1) is 16.2. The van der Waals surface area contributed by atoms with Crippen LogP contribution < -0.4 is 9.47 Å². The summed E-state index contributed by atoms with van der Waals surface area (Å²) in [4.78, 5) is 26.3. The van der Waals surface area contributed by atoms with Crippen molar-refractivity contribution in [1.29, 1.82) is 0 Å². The molecule has 0 spiro atoms. The number of hydrogen-bond donors (Lipinski definition) is 0. The van der Waals surface area contributed by atoms with E-state index < -0.39 is 17.5 Å². The molecule has 1 aliphatic heterocycles. The number of furan rings is 1. The first-order valence-corrected chi connectivity index (χ1v) is 10.9. The van der Waals surface area contributed by atoms with E-state index in [1.165, 1.54) is 30.3 Å². The molecule has 10 heteroatoms. The van der Waals surface area contributed by atoms with Gasteiger partial charge in [0.25, 0.3) is 11.1 Å². The number of benzene rings is 2. The van der Waals surface area contributed by atoms with Gasteiger partial charge in [0, 0.05) is 11.6 Å². The Morgan fingerprint density at radius 1 is 1.03 bits per heavy atom. The molecule has 0 unspecified atom stereocenters. The number of carbonyl (C=O) groups is 2. The maximum Gasteiger partial charge on any atom is 0.573 e. The zero-order valence-electron chi connectivity index (χ0n) is 17.8. The SMILES string of the molecule is Cc1cccc(OCCN2C(=O)S/C(=C\c3ccc(-c4ccc(OC(F)(F)F)cc4)o3)C2=O)c1. The molecule has 3 aromatic rings. The molecule has 2 aromatic carbocycles. The lowest BCUT2D eigenvalue weighted by molar-refractivity contribution is -0.274. The molecule has 4 rings (SSSR count). The highest BCUT2D eigenvalue weighted by atomic mass is 32.2. The number of imide groups is 1. The Kier molecular flexibility index (Phi) is 6.69. The number of nitrogens with zero attached hydrogens (tertiary/aromatic N) is 1. The molecule has 1 aromatic heterocycles. The molecular weight excluding hydrogens is 471 g/mol. The second-order valence-electron chi connectivity index (χ2n) is 7.27. The van der Waals surface area contributed by atoms with E-state index in [9.17, 15) is 22.8 Å². The highest BCUT2D eigenvalue weighted by Crippen LogP contribution is 2.34. The Bertz CT molecular complexity index is 1230. The summed E-state index contributed by atoms with van der Waals surface area (Å²) in [5.74, 6) is 0.573. The second kappa shape index (κ2) is 9.68. The second-order valence-corrected chi connectivity index (χ2v) is 8.27. The molecule has 1 aliphatic rings. The average molecular weight is 489 g/mol. The molecule has 0 atom stereocenters. The number of carbonyl (C=O) groups excluding carboxylic acids is 2. The minimum Gasteiger partial charge on any atom is -0.492 e. The summed E-state index contributed by atoms with van der Waals surface area (Å²) in [6.07, 6.45) is -3.31. The fourth-order valence-electron chi connectivity index (χ4n) is 3.19. The normalized spacial score (nSPS) is 15.3. The van der Waals surface area contributed by atoms with Crippen LogP contribution in [-0.2, 0) is 4.79 Å². The maximum atomic E-state index is 12.7. The Morgan fingerprint density at radius 3 is 2.50 bits per heavy atom. The van der Waals surface area contributed by atoms with Gasteiger partial charge in [-0.25, -0.2) is 0 Å². The minimum absolute atomic E-state index is 0.103. The lowest BCUT2D eigenvalue weighted by atomic mass is 10.2. The van der Waals surface area contributed by atoms with Crippen LogP contribution in [0.1, 0.15) is 11.3 Å². The lowest BCUT2D eigenvalue weighted by Crippen LogP contribution is -2.32. The molecular formula is C24H18F3NO5S. The van der Waals surface area contributed by atoms with Crippen molar-refractivity contribution in [3.05, 3.63) is 76.9 Å². The molecule has 0 saturated carbocycles. The van der Waals surface area contributed by atoms with Crippen LogP contribution in [0.4, 0.5) is 18.0 Å². The van der Waals surface area contributed by atoms with Crippen molar-refractivity contribution in [2.75, 3.05) is 13.2 Å². The predicted octanol–water partition coefficient (Wildman–Crippen LogP) is 6.27. The van der Waals surface area contributed by atoms with Crippen LogP contribution in [0.5, 0.6) is 11.5 Å². The largest absolute Gasteiger partial charge is 0.573 e. The van der Waals surface area contributed by atoms with E-state index in [0.29, 0.717) is 22.8 Å². The van der Waals surface area contributed by atoms with Crippen LogP contribution in [0.3, 0.4) is 0 Å². The van der Waals surface area contributed by atoms with Crippen molar-refractivity contribution < 1.29 is 36.7 Å². The summed E-state index contributed by atoms with van der Waals surface area (Å²) in [6, 6.07) is 15.9. The molecule has 176 valence electrons. The Morgan fingerprint density at radius 2 is 1.79 bits per heavy atom. The lowest BCUT2D eigenvalue weighted by Gasteiger charge is -2.13. The van der Waals surface area contributed by atoms with Crippen molar-refractivity contribution >= 4 is 29.0 Å². The number of aryl methyl sites for hydroxylation is 1. The van der Waals surface area contributed by atoms with Crippen molar-refractivity contribution in [2.24, 2.45) is 0 Å². The van der Waals surface area contributed by atoms with Crippen molar-refractivity contribution in [3.8, 4) is 22.8 Å². The average Bonchev–Trinajstić information content (AvgIpc) is 3.33. The molecule has 2 amide bonds. The maximum absolute atomic E-state index is 12.7. The van der Waals surface area contributed by atoms with Crippen molar-refractivity contribution in [3.63, 3.8) is 0 Å². The predicted molar refractivity (Wildman–Crippen MR) is 120 cm³/mol. The topological polar surface area (TPSA) is 69.0 Å². The molecule has 34 heavy (non-hydrogen) atoms. The van der Waals surface area contributed by atoms with Crippen LogP contribution in [0.25, 0.3) is 17.4 Å². The Hall–Kier alpha value is -3.66. The number of amides is 2. The van der Waals surface area contributed by atoms with E-state index in [-0.39, 0.29) is 23.8 Å². The van der Waals surface area contributed by atoms with Gasteiger partial charge in [0.2, 0.25) is 0 Å². The summed E-state index contributed by atoms with van der Waals surface area (Å²) in [7, 11) is 0. The van der Waals surface area contributed by atoms with Gasteiger partial charge in [0.1, 0.15) is 29.6 Å². The molecule has 6 nitrogen and oxygen atoms in total. The highest BCUT2D eigenvalue weighted by Gasteiger charge is 2.35. The number of alkyl halides is 3. The fourth-order valence-corrected chi connectivity index (χ4v) is 4.03. The van der Waals surface area contributed by atoms with Crippen LogP contribution in [0.2, 0.25) is 0 Å². The number of hydrogen-bond acceptors (Lipinski definition) is 6. The van der Waals surface area contributed by atoms with Gasteiger partial charge in [-0.15, -0.1) is 13.2 Å². The zero-order valence-corrected chi connectivity index (χ0v) is 18.6. The summed E-state index contributed by atoms with van der Waals surface area (Å²) in [5, 5.41) is -0.406. The Labute approximate surface area is 196 Å². The van der Waals surface area contributed by atoms with Crippen molar-refractivity contribution in [2.45, 2.75) is 13.3 Å². The first-order valence-electron chi connectivity index (χ1n) is 10.1. The number of thioether (sulfide) groups is 1. The summed E-state index contributed by atoms with van der Waals surface area (Å²) in [6.45, 7) is 2.20. The third-order valence-electron chi connectivity index (χ3n) is 4.72. The zero-order chi connectivity index (χ0) is 24.3. The van der Waals surface area contributed by atoms with Gasteiger partial charge >= 0.3 is 6.36 Å². The number of ether oxygens (including phenoxy) is 2. The monoisotopic (exact) mass is 489 g/mol. The summed E-state index contributed by atoms with van der Waals surface area (Å²) in [5.41, 5.74) is 1.56. The smallest absolute Gasteiger partial charge is 0.492 e. The summed E-state index contributed by atoms with van der Waals surface area (Å²) >= 11 is 0.798. The van der Waals surface area contributed by atoms with Crippen molar-refractivity contribution in [1.82, 2.24) is 4.90 Å². The highest BCUT2D eigenvalue weighted by molar-refractivity contribution is 8.18. The van der Waals surface area contributed by atoms with Gasteiger partial charge in [-0.3, -0.25) is 14.5 Å². The van der Waals surface area contributed by atoms with Crippen LogP contribution >= 0.6 is 11.8 Å². The minimum atomic E-state index is -4.77. The van der Waals surface area contributed by atoms with E-state index in [1.807, 2.05) is 25.1 Å². The quantitative estimate of drug-likeness (QED) is 0.365. The standard InChI is InChI=1S/C24H18F3NO5S/c1-15-3-2-4-18(13-15)31-12-11-28-22(29)21(34-23(28)30)14-19-9-10-20(32-19)16-5-7-17(8-6-16)33-24(25,26)27/h2-10,13-14H,11-12H2,1H3/b21-14-. The Balaban J connectivity index is 1.39.